The van der Waals surface area contributed by atoms with Crippen molar-refractivity contribution < 1.29 is 0 Å². The van der Waals surface area contributed by atoms with E-state index in [9.17, 15) is 0 Å². The lowest BCUT2D eigenvalue weighted by Crippen LogP contribution is -2.01. The Kier molecular flexibility index (Phi) is 6.01. The monoisotopic (exact) mass is 549 g/mol. The van der Waals surface area contributed by atoms with Gasteiger partial charge in [-0.3, -0.25) is 0 Å². The summed E-state index contributed by atoms with van der Waals surface area (Å²) in [6, 6.07) is 51.2. The van der Waals surface area contributed by atoms with E-state index >= 15 is 0 Å². The van der Waals surface area contributed by atoms with Gasteiger partial charge in [0.25, 0.3) is 0 Å². The van der Waals surface area contributed by atoms with Gasteiger partial charge in [0.05, 0.1) is 0 Å². The Morgan fingerprint density at radius 1 is 0.349 bits per heavy atom. The van der Waals surface area contributed by atoms with Gasteiger partial charge in [-0.25, -0.2) is 15.0 Å². The topological polar surface area (TPSA) is 38.7 Å². The predicted octanol–water partition coefficient (Wildman–Crippen LogP) is 10.3. The first-order chi connectivity index (χ1) is 21.2. The molecule has 0 atom stereocenters. The van der Waals surface area contributed by atoms with Crippen LogP contribution in [-0.4, -0.2) is 15.0 Å². The molecular formula is C40H27N3. The zero-order valence-electron chi connectivity index (χ0n) is 23.7. The molecule has 0 N–H and O–H groups in total. The summed E-state index contributed by atoms with van der Waals surface area (Å²) >= 11 is 0. The van der Waals surface area contributed by atoms with Crippen LogP contribution in [0.3, 0.4) is 0 Å². The van der Waals surface area contributed by atoms with E-state index in [4.69, 9.17) is 15.0 Å². The lowest BCUT2D eigenvalue weighted by Gasteiger charge is -2.11. The number of aromatic nitrogens is 3. The lowest BCUT2D eigenvalue weighted by atomic mass is 9.99. The van der Waals surface area contributed by atoms with E-state index in [1.165, 1.54) is 32.5 Å². The third kappa shape index (κ3) is 4.61. The van der Waals surface area contributed by atoms with Crippen LogP contribution in [0.25, 0.3) is 77.6 Å². The Bertz CT molecular complexity index is 2300. The van der Waals surface area contributed by atoms with E-state index in [1.807, 2.05) is 12.1 Å². The molecular weight excluding hydrogens is 522 g/mol. The first-order valence-corrected chi connectivity index (χ1v) is 14.5. The molecule has 0 spiro atoms. The Balaban J connectivity index is 1.24. The first kappa shape index (κ1) is 25.1. The Morgan fingerprint density at radius 2 is 0.884 bits per heavy atom. The minimum atomic E-state index is 0.659. The second kappa shape index (κ2) is 10.3. The van der Waals surface area contributed by atoms with Gasteiger partial charge in [-0.15, -0.1) is 0 Å². The summed E-state index contributed by atoms with van der Waals surface area (Å²) in [7, 11) is 0. The first-order valence-electron chi connectivity index (χ1n) is 14.5. The van der Waals surface area contributed by atoms with Crippen LogP contribution in [0.4, 0.5) is 0 Å². The van der Waals surface area contributed by atoms with E-state index in [-0.39, 0.29) is 0 Å². The van der Waals surface area contributed by atoms with Crippen molar-refractivity contribution in [3.63, 3.8) is 0 Å². The second-order valence-electron chi connectivity index (χ2n) is 11.0. The molecule has 8 rings (SSSR count). The van der Waals surface area contributed by atoms with Gasteiger partial charge < -0.3 is 0 Å². The number of rotatable bonds is 4. The standard InChI is InChI=1S/C40H27N3/c1-26-8-2-6-12-35(26)40-42-38(30-18-14-28(15-19-30)32-20-16-27-9-3-4-11-31(27)24-32)41-39(43-40)34-22-23-37-33(25-34)21-17-29-10-5-7-13-36(29)37/h2-25H,1H3. The summed E-state index contributed by atoms with van der Waals surface area (Å²) in [6.45, 7) is 2.10. The zero-order chi connectivity index (χ0) is 28.8. The van der Waals surface area contributed by atoms with E-state index in [0.717, 1.165) is 33.2 Å². The second-order valence-corrected chi connectivity index (χ2v) is 11.0. The van der Waals surface area contributed by atoms with Gasteiger partial charge in [-0.05, 0) is 68.1 Å². The molecule has 0 fully saturated rings. The fourth-order valence-corrected chi connectivity index (χ4v) is 5.91. The molecule has 3 nitrogen and oxygen atoms in total. The molecule has 3 heteroatoms. The quantitative estimate of drug-likeness (QED) is 0.205. The Labute approximate surface area is 250 Å². The van der Waals surface area contributed by atoms with Gasteiger partial charge in [-0.2, -0.15) is 0 Å². The fourth-order valence-electron chi connectivity index (χ4n) is 5.91. The molecule has 43 heavy (non-hydrogen) atoms. The molecule has 0 aliphatic carbocycles. The van der Waals surface area contributed by atoms with Crippen LogP contribution >= 0.6 is 0 Å². The van der Waals surface area contributed by atoms with Crippen molar-refractivity contribution in [3.8, 4) is 45.3 Å². The maximum Gasteiger partial charge on any atom is 0.164 e. The van der Waals surface area contributed by atoms with Gasteiger partial charge in [0, 0.05) is 16.7 Å². The van der Waals surface area contributed by atoms with Crippen molar-refractivity contribution in [3.05, 3.63) is 151 Å². The number of aryl methyl sites for hydroxylation is 1. The Hall–Kier alpha value is -5.67. The van der Waals surface area contributed by atoms with E-state index in [1.54, 1.807) is 0 Å². The van der Waals surface area contributed by atoms with Crippen LogP contribution in [-0.2, 0) is 0 Å². The highest BCUT2D eigenvalue weighted by atomic mass is 15.0. The minimum Gasteiger partial charge on any atom is -0.208 e. The molecule has 0 bridgehead atoms. The van der Waals surface area contributed by atoms with Crippen LogP contribution in [0, 0.1) is 6.92 Å². The molecule has 0 amide bonds. The molecule has 0 saturated carbocycles. The van der Waals surface area contributed by atoms with Crippen LogP contribution in [0.5, 0.6) is 0 Å². The highest BCUT2D eigenvalue weighted by Gasteiger charge is 2.14. The molecule has 1 heterocycles. The van der Waals surface area contributed by atoms with Gasteiger partial charge in [-0.1, -0.05) is 133 Å². The molecule has 0 saturated heterocycles. The summed E-state index contributed by atoms with van der Waals surface area (Å²) in [5, 5.41) is 7.34. The number of nitrogens with zero attached hydrogens (tertiary/aromatic N) is 3. The van der Waals surface area contributed by atoms with Crippen molar-refractivity contribution in [1.82, 2.24) is 15.0 Å². The summed E-state index contributed by atoms with van der Waals surface area (Å²) in [5.74, 6) is 2.00. The van der Waals surface area contributed by atoms with Crippen LogP contribution < -0.4 is 0 Å². The maximum absolute atomic E-state index is 5.02. The van der Waals surface area contributed by atoms with E-state index < -0.39 is 0 Å². The van der Waals surface area contributed by atoms with Crippen molar-refractivity contribution >= 4 is 32.3 Å². The van der Waals surface area contributed by atoms with Crippen molar-refractivity contribution in [2.75, 3.05) is 0 Å². The van der Waals surface area contributed by atoms with Gasteiger partial charge in [0.2, 0.25) is 0 Å². The normalized spacial score (nSPS) is 11.4. The minimum absolute atomic E-state index is 0.659. The average Bonchev–Trinajstić information content (AvgIpc) is 3.08. The number of benzene rings is 7. The summed E-state index contributed by atoms with van der Waals surface area (Å²) in [5.41, 5.74) is 6.40. The Morgan fingerprint density at radius 3 is 1.72 bits per heavy atom. The lowest BCUT2D eigenvalue weighted by molar-refractivity contribution is 1.07. The van der Waals surface area contributed by atoms with Crippen molar-refractivity contribution in [2.24, 2.45) is 0 Å². The van der Waals surface area contributed by atoms with E-state index in [2.05, 4.69) is 140 Å². The highest BCUT2D eigenvalue weighted by Crippen LogP contribution is 2.32. The smallest absolute Gasteiger partial charge is 0.164 e. The number of hydrogen-bond acceptors (Lipinski definition) is 3. The predicted molar refractivity (Wildman–Crippen MR) is 179 cm³/mol. The summed E-state index contributed by atoms with van der Waals surface area (Å²) < 4.78 is 0. The SMILES string of the molecule is Cc1ccccc1-c1nc(-c2ccc(-c3ccc4ccccc4c3)cc2)nc(-c2ccc3c(ccc4ccccc43)c2)n1. The maximum atomic E-state index is 5.02. The molecule has 8 aromatic rings. The van der Waals surface area contributed by atoms with Crippen LogP contribution in [0.1, 0.15) is 5.56 Å². The van der Waals surface area contributed by atoms with Crippen LogP contribution in [0.2, 0.25) is 0 Å². The molecule has 0 radical (unpaired) electrons. The molecule has 0 aliphatic heterocycles. The van der Waals surface area contributed by atoms with E-state index in [0.29, 0.717) is 17.5 Å². The number of fused-ring (bicyclic) bond motifs is 4. The molecule has 0 unspecified atom stereocenters. The number of hydrogen-bond donors (Lipinski definition) is 0. The third-order valence-electron chi connectivity index (χ3n) is 8.25. The van der Waals surface area contributed by atoms with Gasteiger partial charge in [0.1, 0.15) is 0 Å². The summed E-state index contributed by atoms with van der Waals surface area (Å²) in [4.78, 5) is 15.0. The zero-order valence-corrected chi connectivity index (χ0v) is 23.7. The molecule has 7 aromatic carbocycles. The van der Waals surface area contributed by atoms with Crippen molar-refractivity contribution in [1.29, 1.82) is 0 Å². The molecule has 202 valence electrons. The molecule has 0 aliphatic rings. The molecule has 1 aromatic heterocycles. The average molecular weight is 550 g/mol. The highest BCUT2D eigenvalue weighted by molar-refractivity contribution is 6.08. The summed E-state index contributed by atoms with van der Waals surface area (Å²) in [6.07, 6.45) is 0. The van der Waals surface area contributed by atoms with Gasteiger partial charge in [0.15, 0.2) is 17.5 Å². The van der Waals surface area contributed by atoms with Gasteiger partial charge >= 0.3 is 0 Å². The van der Waals surface area contributed by atoms with Crippen molar-refractivity contribution in [2.45, 2.75) is 6.92 Å². The third-order valence-corrected chi connectivity index (χ3v) is 8.25. The largest absolute Gasteiger partial charge is 0.208 e. The van der Waals surface area contributed by atoms with Crippen LogP contribution in [0.15, 0.2) is 146 Å². The fraction of sp³-hybridized carbons (Fsp3) is 0.0250.